The molecule has 10 heteroatoms. The second kappa shape index (κ2) is 9.13. The summed E-state index contributed by atoms with van der Waals surface area (Å²) in [5.74, 6) is -1.39. The highest BCUT2D eigenvalue weighted by Crippen LogP contribution is 2.74. The van der Waals surface area contributed by atoms with Gasteiger partial charge in [0.2, 0.25) is 0 Å². The molecule has 8 nitrogen and oxygen atoms in total. The number of rotatable bonds is 5. The minimum absolute atomic E-state index is 0.00799. The number of hydrogen-bond donors (Lipinski definition) is 0. The molecule has 8 atom stereocenters. The van der Waals surface area contributed by atoms with Crippen molar-refractivity contribution in [2.75, 3.05) is 14.2 Å². The molecular formula is C32H50O8Si2. The van der Waals surface area contributed by atoms with Crippen LogP contribution in [0.3, 0.4) is 0 Å². The standard InChI is InChI=1S/C32H50O8Si2/c1-28(2,3)42(29(4,5)6)38-22-13-12-19-21(18-20(22)25(19)39-42)31(40-41(9,10)11)17-14-23-30(26(33)35-7,27(34)36-8)16-15-24-32(23,31)37-24/h12-13,18-20,22-25H,14-17H2,1-11H3/t19?,20-,22?,23+,24-,25?,31-,32+/m0/s1. The van der Waals surface area contributed by atoms with E-state index in [1.54, 1.807) is 0 Å². The molecule has 42 heavy (non-hydrogen) atoms. The van der Waals surface area contributed by atoms with Crippen LogP contribution in [0.2, 0.25) is 29.7 Å². The second-order valence-corrected chi connectivity index (χ2v) is 25.6. The first kappa shape index (κ1) is 30.7. The Balaban J connectivity index is 1.48. The summed E-state index contributed by atoms with van der Waals surface area (Å²) in [5, 5.41) is -0.267. The quantitative estimate of drug-likeness (QED) is 0.125. The van der Waals surface area contributed by atoms with Gasteiger partial charge in [-0.15, -0.1) is 0 Å². The Hall–Kier alpha value is -1.31. The lowest BCUT2D eigenvalue weighted by Crippen LogP contribution is -2.67. The first-order valence-electron chi connectivity index (χ1n) is 15.7. The van der Waals surface area contributed by atoms with Crippen LogP contribution in [0.4, 0.5) is 0 Å². The third kappa shape index (κ3) is 3.71. The molecule has 0 aromatic heterocycles. The van der Waals surface area contributed by atoms with Crippen LogP contribution in [-0.2, 0) is 37.1 Å². The van der Waals surface area contributed by atoms with Crippen molar-refractivity contribution in [3.05, 3.63) is 23.8 Å². The number of ether oxygens (including phenoxy) is 3. The van der Waals surface area contributed by atoms with Gasteiger partial charge >= 0.3 is 20.5 Å². The predicted octanol–water partition coefficient (Wildman–Crippen LogP) is 5.82. The van der Waals surface area contributed by atoms with Crippen LogP contribution >= 0.6 is 0 Å². The molecule has 4 aliphatic carbocycles. The molecule has 234 valence electrons. The van der Waals surface area contributed by atoms with E-state index in [-0.39, 0.29) is 40.2 Å². The molecule has 4 fully saturated rings. The molecule has 0 N–H and O–H groups in total. The van der Waals surface area contributed by atoms with E-state index < -0.39 is 51.4 Å². The van der Waals surface area contributed by atoms with Gasteiger partial charge in [-0.1, -0.05) is 59.8 Å². The fourth-order valence-corrected chi connectivity index (χ4v) is 16.4. The molecule has 0 amide bonds. The average Bonchev–Trinajstić information content (AvgIpc) is 3.47. The molecule has 3 unspecified atom stereocenters. The van der Waals surface area contributed by atoms with Crippen molar-refractivity contribution in [2.45, 2.75) is 126 Å². The van der Waals surface area contributed by atoms with Crippen LogP contribution in [0.25, 0.3) is 0 Å². The third-order valence-corrected chi connectivity index (χ3v) is 17.2. The normalized spacial score (nSPS) is 41.0. The summed E-state index contributed by atoms with van der Waals surface area (Å²) in [6.07, 6.45) is 8.88. The van der Waals surface area contributed by atoms with Gasteiger partial charge < -0.3 is 27.5 Å². The first-order chi connectivity index (χ1) is 19.3. The van der Waals surface area contributed by atoms with E-state index in [1.165, 1.54) is 19.8 Å². The lowest BCUT2D eigenvalue weighted by molar-refractivity contribution is -0.179. The summed E-state index contributed by atoms with van der Waals surface area (Å²) in [6, 6.07) is 0. The van der Waals surface area contributed by atoms with Gasteiger partial charge in [-0.3, -0.25) is 9.59 Å². The zero-order valence-corrected chi connectivity index (χ0v) is 29.3. The molecule has 2 aliphatic heterocycles. The van der Waals surface area contributed by atoms with Crippen LogP contribution in [0.1, 0.15) is 67.2 Å². The van der Waals surface area contributed by atoms with Crippen molar-refractivity contribution >= 4 is 28.8 Å². The summed E-state index contributed by atoms with van der Waals surface area (Å²) >= 11 is 0. The molecule has 0 aromatic carbocycles. The van der Waals surface area contributed by atoms with Crippen LogP contribution in [0.15, 0.2) is 23.8 Å². The van der Waals surface area contributed by atoms with Gasteiger partial charge in [-0.2, -0.15) is 0 Å². The van der Waals surface area contributed by atoms with Crippen LogP contribution in [-0.4, -0.2) is 72.6 Å². The van der Waals surface area contributed by atoms with Gasteiger partial charge in [0.15, 0.2) is 13.7 Å². The molecular weight excluding hydrogens is 569 g/mol. The molecule has 0 aromatic rings. The van der Waals surface area contributed by atoms with Crippen LogP contribution < -0.4 is 0 Å². The maximum Gasteiger partial charge on any atom is 0.350 e. The van der Waals surface area contributed by atoms with Crippen LogP contribution in [0, 0.1) is 23.2 Å². The van der Waals surface area contributed by atoms with E-state index in [2.05, 4.69) is 79.4 Å². The highest BCUT2D eigenvalue weighted by molar-refractivity contribution is 6.73. The predicted molar refractivity (Wildman–Crippen MR) is 162 cm³/mol. The molecule has 2 heterocycles. The SMILES string of the molecule is COC(=O)C1(C(=O)OC)CC[C@@H]2O[C@]23[C@@H]1CC[C@]3(O[Si](C)(C)C)C1=C[C@H]2C3C=CC1C2O[Si](C(C)(C)C)(C(C)(C)C)O3. The lowest BCUT2D eigenvalue weighted by atomic mass is 9.59. The molecule has 2 saturated heterocycles. The molecule has 6 rings (SSSR count). The largest absolute Gasteiger partial charge is 0.468 e. The smallest absolute Gasteiger partial charge is 0.350 e. The molecule has 0 radical (unpaired) electrons. The summed E-state index contributed by atoms with van der Waals surface area (Å²) in [5.41, 5.74) is -1.81. The number of carbonyl (C=O) groups is 2. The van der Waals surface area contributed by atoms with Gasteiger partial charge in [-0.05, 0) is 50.9 Å². The summed E-state index contributed by atoms with van der Waals surface area (Å²) in [6.45, 7) is 20.2. The van der Waals surface area contributed by atoms with Gasteiger partial charge in [0.25, 0.3) is 0 Å². The van der Waals surface area contributed by atoms with E-state index in [9.17, 15) is 9.59 Å². The van der Waals surface area contributed by atoms with Gasteiger partial charge in [0.1, 0.15) is 11.2 Å². The zero-order valence-electron chi connectivity index (χ0n) is 27.3. The van der Waals surface area contributed by atoms with Gasteiger partial charge in [0.05, 0.1) is 32.5 Å². The molecule has 4 bridgehead atoms. The van der Waals surface area contributed by atoms with Gasteiger partial charge in [0, 0.05) is 27.8 Å². The highest BCUT2D eigenvalue weighted by atomic mass is 28.4. The van der Waals surface area contributed by atoms with E-state index in [0.717, 1.165) is 0 Å². The number of esters is 2. The van der Waals surface area contributed by atoms with Crippen molar-refractivity contribution in [2.24, 2.45) is 23.2 Å². The Bertz CT molecular complexity index is 1210. The monoisotopic (exact) mass is 618 g/mol. The van der Waals surface area contributed by atoms with Gasteiger partial charge in [-0.25, -0.2) is 0 Å². The summed E-state index contributed by atoms with van der Waals surface area (Å²) < 4.78 is 39.2. The minimum atomic E-state index is -2.74. The molecule has 6 aliphatic rings. The van der Waals surface area contributed by atoms with Crippen molar-refractivity contribution in [3.8, 4) is 0 Å². The van der Waals surface area contributed by atoms with E-state index >= 15 is 0 Å². The number of methoxy groups -OCH3 is 2. The Morgan fingerprint density at radius 2 is 1.55 bits per heavy atom. The zero-order chi connectivity index (χ0) is 30.9. The lowest BCUT2D eigenvalue weighted by Gasteiger charge is -2.57. The minimum Gasteiger partial charge on any atom is -0.468 e. The average molecular weight is 619 g/mol. The Morgan fingerprint density at radius 1 is 0.929 bits per heavy atom. The topological polar surface area (TPSA) is 92.8 Å². The van der Waals surface area contributed by atoms with Crippen LogP contribution in [0.5, 0.6) is 0 Å². The Labute approximate surface area is 253 Å². The fourth-order valence-electron chi connectivity index (χ4n) is 9.94. The maximum absolute atomic E-state index is 13.5. The second-order valence-electron chi connectivity index (χ2n) is 16.4. The van der Waals surface area contributed by atoms with E-state index in [0.29, 0.717) is 25.7 Å². The number of hydrogen-bond acceptors (Lipinski definition) is 8. The van der Waals surface area contributed by atoms with Crippen molar-refractivity contribution < 1.29 is 37.1 Å². The fraction of sp³-hybridized carbons (Fsp3) is 0.812. The van der Waals surface area contributed by atoms with E-state index in [1.807, 2.05) is 0 Å². The number of carbonyl (C=O) groups excluding carboxylic acids is 2. The Morgan fingerprint density at radius 3 is 2.10 bits per heavy atom. The highest BCUT2D eigenvalue weighted by Gasteiger charge is 2.85. The molecule has 2 saturated carbocycles. The summed E-state index contributed by atoms with van der Waals surface area (Å²) in [7, 11) is -2.22. The first-order valence-corrected chi connectivity index (χ1v) is 20.9. The summed E-state index contributed by atoms with van der Waals surface area (Å²) in [4.78, 5) is 27.1. The van der Waals surface area contributed by atoms with Crippen molar-refractivity contribution in [1.29, 1.82) is 0 Å². The van der Waals surface area contributed by atoms with Crippen molar-refractivity contribution in [1.82, 2.24) is 0 Å². The van der Waals surface area contributed by atoms with Crippen molar-refractivity contribution in [3.63, 3.8) is 0 Å². The molecule has 1 spiro atoms. The van der Waals surface area contributed by atoms with E-state index in [4.69, 9.17) is 27.5 Å². The maximum atomic E-state index is 13.5. The third-order valence-electron chi connectivity index (χ3n) is 11.1. The number of epoxide rings is 1. The Kier molecular flexibility index (Phi) is 6.67.